The van der Waals surface area contributed by atoms with Crippen LogP contribution in [-0.2, 0) is 5.41 Å². The SMILES string of the molecule is CC1(C)c2ccccc2-c2ccc(-c3cc(-c4ccccc4)cc(-c4nc(-c5ccccc5)c5sc6ccccc6c5n4)c3)cc21. The fraction of sp³-hybridized carbons (Fsp3) is 0.0698. The first kappa shape index (κ1) is 27.0. The van der Waals surface area contributed by atoms with Crippen LogP contribution < -0.4 is 0 Å². The second-order valence-corrected chi connectivity index (χ2v) is 13.7. The molecule has 0 bridgehead atoms. The Bertz CT molecular complexity index is 2440. The van der Waals surface area contributed by atoms with Crippen LogP contribution in [0.2, 0.25) is 0 Å². The van der Waals surface area contributed by atoms with Gasteiger partial charge < -0.3 is 0 Å². The van der Waals surface area contributed by atoms with Crippen LogP contribution in [0.15, 0.2) is 146 Å². The topological polar surface area (TPSA) is 25.8 Å². The zero-order valence-corrected chi connectivity index (χ0v) is 26.5. The molecule has 0 N–H and O–H groups in total. The smallest absolute Gasteiger partial charge is 0.160 e. The molecule has 0 aliphatic heterocycles. The third-order valence-corrected chi connectivity index (χ3v) is 10.6. The Hall–Kier alpha value is -5.38. The number of nitrogens with zero attached hydrogens (tertiary/aromatic N) is 2. The summed E-state index contributed by atoms with van der Waals surface area (Å²) in [6.07, 6.45) is 0. The first-order valence-electron chi connectivity index (χ1n) is 15.7. The summed E-state index contributed by atoms with van der Waals surface area (Å²) in [5, 5.41) is 1.17. The van der Waals surface area contributed by atoms with E-state index in [1.54, 1.807) is 11.3 Å². The maximum absolute atomic E-state index is 5.31. The van der Waals surface area contributed by atoms with Gasteiger partial charge in [-0.15, -0.1) is 11.3 Å². The first-order valence-corrected chi connectivity index (χ1v) is 16.6. The van der Waals surface area contributed by atoms with E-state index in [1.165, 1.54) is 43.5 Å². The molecule has 0 spiro atoms. The highest BCUT2D eigenvalue weighted by molar-refractivity contribution is 7.26. The molecule has 0 amide bonds. The third-order valence-electron chi connectivity index (χ3n) is 9.48. The predicted molar refractivity (Wildman–Crippen MR) is 194 cm³/mol. The summed E-state index contributed by atoms with van der Waals surface area (Å²) in [7, 11) is 0. The Morgan fingerprint density at radius 1 is 0.478 bits per heavy atom. The normalized spacial score (nSPS) is 13.2. The van der Waals surface area contributed by atoms with Gasteiger partial charge in [0.05, 0.1) is 15.9 Å². The van der Waals surface area contributed by atoms with E-state index in [0.717, 1.165) is 44.0 Å². The minimum absolute atomic E-state index is 0.0689. The van der Waals surface area contributed by atoms with Gasteiger partial charge in [-0.2, -0.15) is 0 Å². The molecule has 1 aliphatic carbocycles. The van der Waals surface area contributed by atoms with Gasteiger partial charge in [-0.1, -0.05) is 129 Å². The minimum atomic E-state index is -0.0689. The Labute approximate surface area is 272 Å². The van der Waals surface area contributed by atoms with Crippen LogP contribution >= 0.6 is 11.3 Å². The number of rotatable bonds is 4. The molecule has 46 heavy (non-hydrogen) atoms. The Balaban J connectivity index is 1.28. The van der Waals surface area contributed by atoms with Gasteiger partial charge in [0.1, 0.15) is 0 Å². The number of thiophene rings is 1. The fourth-order valence-electron chi connectivity index (χ4n) is 7.12. The van der Waals surface area contributed by atoms with E-state index in [1.807, 2.05) is 0 Å². The fourth-order valence-corrected chi connectivity index (χ4v) is 8.27. The van der Waals surface area contributed by atoms with Gasteiger partial charge in [0.15, 0.2) is 5.82 Å². The van der Waals surface area contributed by atoms with Crippen LogP contribution in [0.25, 0.3) is 76.3 Å². The van der Waals surface area contributed by atoms with Crippen LogP contribution in [0.1, 0.15) is 25.0 Å². The molecule has 218 valence electrons. The van der Waals surface area contributed by atoms with E-state index in [2.05, 4.69) is 159 Å². The van der Waals surface area contributed by atoms with Crippen LogP contribution in [0, 0.1) is 0 Å². The minimum Gasteiger partial charge on any atom is -0.226 e. The lowest BCUT2D eigenvalue weighted by Crippen LogP contribution is -2.14. The lowest BCUT2D eigenvalue weighted by molar-refractivity contribution is 0.660. The van der Waals surface area contributed by atoms with Crippen molar-refractivity contribution in [2.45, 2.75) is 19.3 Å². The summed E-state index contributed by atoms with van der Waals surface area (Å²) < 4.78 is 2.35. The highest BCUT2D eigenvalue weighted by Crippen LogP contribution is 2.50. The van der Waals surface area contributed by atoms with Gasteiger partial charge in [-0.05, 0) is 74.8 Å². The van der Waals surface area contributed by atoms with Crippen molar-refractivity contribution >= 4 is 31.6 Å². The van der Waals surface area contributed by atoms with E-state index < -0.39 is 0 Å². The molecule has 0 saturated heterocycles. The third kappa shape index (κ3) is 4.23. The lowest BCUT2D eigenvalue weighted by atomic mass is 9.81. The molecular weight excluding hydrogens is 577 g/mol. The van der Waals surface area contributed by atoms with E-state index in [9.17, 15) is 0 Å². The molecule has 3 heteroatoms. The average molecular weight is 607 g/mol. The van der Waals surface area contributed by atoms with Crippen LogP contribution in [0.5, 0.6) is 0 Å². The van der Waals surface area contributed by atoms with Crippen molar-refractivity contribution in [2.75, 3.05) is 0 Å². The molecule has 2 nitrogen and oxygen atoms in total. The Morgan fingerprint density at radius 3 is 1.91 bits per heavy atom. The van der Waals surface area contributed by atoms with Gasteiger partial charge in [-0.25, -0.2) is 9.97 Å². The second kappa shape index (κ2) is 10.3. The molecule has 0 radical (unpaired) electrons. The van der Waals surface area contributed by atoms with Gasteiger partial charge >= 0.3 is 0 Å². The van der Waals surface area contributed by atoms with Crippen molar-refractivity contribution in [3.8, 4) is 56.0 Å². The number of hydrogen-bond donors (Lipinski definition) is 0. The Morgan fingerprint density at radius 2 is 1.11 bits per heavy atom. The molecule has 1 aliphatic rings. The summed E-state index contributed by atoms with van der Waals surface area (Å²) in [6.45, 7) is 4.68. The second-order valence-electron chi connectivity index (χ2n) is 12.6. The largest absolute Gasteiger partial charge is 0.226 e. The highest BCUT2D eigenvalue weighted by atomic mass is 32.1. The summed E-state index contributed by atoms with van der Waals surface area (Å²) in [4.78, 5) is 10.6. The monoisotopic (exact) mass is 606 g/mol. The summed E-state index contributed by atoms with van der Waals surface area (Å²) >= 11 is 1.77. The van der Waals surface area contributed by atoms with E-state index in [4.69, 9.17) is 9.97 Å². The van der Waals surface area contributed by atoms with E-state index >= 15 is 0 Å². The first-order chi connectivity index (χ1) is 22.5. The predicted octanol–water partition coefficient (Wildman–Crippen LogP) is 11.8. The molecule has 6 aromatic carbocycles. The summed E-state index contributed by atoms with van der Waals surface area (Å²) in [6, 6.07) is 52.3. The molecule has 8 aromatic rings. The molecular formula is C43H30N2S. The van der Waals surface area contributed by atoms with Crippen molar-refractivity contribution in [1.29, 1.82) is 0 Å². The zero-order valence-electron chi connectivity index (χ0n) is 25.7. The molecule has 2 heterocycles. The number of fused-ring (bicyclic) bond motifs is 6. The van der Waals surface area contributed by atoms with Crippen LogP contribution in [0.3, 0.4) is 0 Å². The Kier molecular flexibility index (Phi) is 6.06. The van der Waals surface area contributed by atoms with Gasteiger partial charge in [0.2, 0.25) is 0 Å². The maximum Gasteiger partial charge on any atom is 0.160 e. The number of aromatic nitrogens is 2. The lowest BCUT2D eigenvalue weighted by Gasteiger charge is -2.22. The summed E-state index contributed by atoms with van der Waals surface area (Å²) in [5.74, 6) is 0.739. The average Bonchev–Trinajstić information content (AvgIpc) is 3.60. The molecule has 0 unspecified atom stereocenters. The highest BCUT2D eigenvalue weighted by Gasteiger charge is 2.35. The summed E-state index contributed by atoms with van der Waals surface area (Å²) in [5.41, 5.74) is 14.1. The van der Waals surface area contributed by atoms with Crippen LogP contribution in [-0.4, -0.2) is 9.97 Å². The maximum atomic E-state index is 5.31. The molecule has 0 fully saturated rings. The van der Waals surface area contributed by atoms with Crippen molar-refractivity contribution in [3.05, 3.63) is 157 Å². The van der Waals surface area contributed by atoms with Crippen molar-refractivity contribution < 1.29 is 0 Å². The quantitative estimate of drug-likeness (QED) is 0.199. The molecule has 0 saturated carbocycles. The van der Waals surface area contributed by atoms with Gasteiger partial charge in [0.25, 0.3) is 0 Å². The molecule has 0 atom stereocenters. The molecule has 2 aromatic heterocycles. The van der Waals surface area contributed by atoms with E-state index in [0.29, 0.717) is 0 Å². The zero-order chi connectivity index (χ0) is 30.8. The van der Waals surface area contributed by atoms with Crippen molar-refractivity contribution in [3.63, 3.8) is 0 Å². The van der Waals surface area contributed by atoms with Crippen molar-refractivity contribution in [2.24, 2.45) is 0 Å². The van der Waals surface area contributed by atoms with Gasteiger partial charge in [-0.3, -0.25) is 0 Å². The molecule has 9 rings (SSSR count). The van der Waals surface area contributed by atoms with Gasteiger partial charge in [0, 0.05) is 26.6 Å². The number of hydrogen-bond acceptors (Lipinski definition) is 3. The number of benzene rings is 6. The van der Waals surface area contributed by atoms with Crippen molar-refractivity contribution in [1.82, 2.24) is 9.97 Å². The van der Waals surface area contributed by atoms with Crippen LogP contribution in [0.4, 0.5) is 0 Å². The van der Waals surface area contributed by atoms with E-state index in [-0.39, 0.29) is 5.41 Å². The standard InChI is InChI=1S/C43H30N2S/c1-43(2)36-19-11-9-17-33(36)34-22-21-29(26-37(34)43)31-23-30(27-13-5-3-6-14-27)24-32(25-31)42-44-39(28-15-7-4-8-16-28)41-40(45-42)35-18-10-12-20-38(35)46-41/h3-26H,1-2H3.